The summed E-state index contributed by atoms with van der Waals surface area (Å²) in [6, 6.07) is 19.6. The van der Waals surface area contributed by atoms with Gasteiger partial charge in [0.2, 0.25) is 0 Å². The van der Waals surface area contributed by atoms with Crippen molar-refractivity contribution in [2.75, 3.05) is 13.1 Å². The van der Waals surface area contributed by atoms with Crippen molar-refractivity contribution in [3.05, 3.63) is 71.8 Å². The Hall–Kier alpha value is -3.06. The molecule has 7 heteroatoms. The average Bonchev–Trinajstić information content (AvgIpc) is 2.72. The van der Waals surface area contributed by atoms with Crippen molar-refractivity contribution in [1.29, 1.82) is 0 Å². The molecule has 2 atom stereocenters. The Labute approximate surface area is 210 Å². The predicted octanol–water partition coefficient (Wildman–Crippen LogP) is 4.85. The Morgan fingerprint density at radius 1 is 0.657 bits per heavy atom. The van der Waals surface area contributed by atoms with E-state index in [1.54, 1.807) is 0 Å². The van der Waals surface area contributed by atoms with Crippen molar-refractivity contribution < 1.29 is 19.1 Å². The van der Waals surface area contributed by atoms with Gasteiger partial charge < -0.3 is 25.4 Å². The number of alkyl carbamates (subject to hydrolysis) is 2. The summed E-state index contributed by atoms with van der Waals surface area (Å²) < 4.78 is 10.9. The van der Waals surface area contributed by atoms with E-state index in [2.05, 4.69) is 16.0 Å². The van der Waals surface area contributed by atoms with E-state index in [9.17, 15) is 9.59 Å². The maximum absolute atomic E-state index is 12.4. The Balaban J connectivity index is 2.03. The Morgan fingerprint density at radius 2 is 1.00 bits per heavy atom. The third kappa shape index (κ3) is 12.8. The second-order valence-corrected chi connectivity index (χ2v) is 10.7. The van der Waals surface area contributed by atoms with Crippen LogP contribution >= 0.6 is 0 Å². The number of rotatable bonds is 10. The molecule has 0 unspecified atom stereocenters. The summed E-state index contributed by atoms with van der Waals surface area (Å²) in [5, 5.41) is 9.39. The fraction of sp³-hybridized carbons (Fsp3) is 0.500. The SMILES string of the molecule is CC(C)(C)OC(=O)N[C@@H](CNC[C@@H](Cc1ccccc1)NC(=O)OC(C)(C)C)Cc1ccccc1. The van der Waals surface area contributed by atoms with Crippen LogP contribution in [0.3, 0.4) is 0 Å². The number of hydrogen-bond acceptors (Lipinski definition) is 5. The molecule has 2 rings (SSSR count). The van der Waals surface area contributed by atoms with Gasteiger partial charge in [0.1, 0.15) is 11.2 Å². The summed E-state index contributed by atoms with van der Waals surface area (Å²) >= 11 is 0. The van der Waals surface area contributed by atoms with Crippen LogP contribution in [0.25, 0.3) is 0 Å². The monoisotopic (exact) mass is 483 g/mol. The standard InChI is InChI=1S/C28H41N3O4/c1-27(2,3)34-25(32)30-23(17-21-13-9-7-10-14-21)19-29-20-24(18-22-15-11-8-12-16-22)31-26(33)35-28(4,5)6/h7-16,23-24,29H,17-20H2,1-6H3,(H,30,32)(H,31,33)/t23-,24-/m1/s1. The van der Waals surface area contributed by atoms with Gasteiger partial charge in [-0.2, -0.15) is 0 Å². The van der Waals surface area contributed by atoms with E-state index in [4.69, 9.17) is 9.47 Å². The number of hydrogen-bond donors (Lipinski definition) is 3. The number of amides is 2. The van der Waals surface area contributed by atoms with E-state index in [0.717, 1.165) is 11.1 Å². The van der Waals surface area contributed by atoms with Gasteiger partial charge in [0.15, 0.2) is 0 Å². The van der Waals surface area contributed by atoms with Gasteiger partial charge in [0.05, 0.1) is 0 Å². The lowest BCUT2D eigenvalue weighted by Crippen LogP contribution is -2.49. The minimum Gasteiger partial charge on any atom is -0.444 e. The van der Waals surface area contributed by atoms with Crippen molar-refractivity contribution in [3.63, 3.8) is 0 Å². The van der Waals surface area contributed by atoms with Crippen molar-refractivity contribution in [3.8, 4) is 0 Å². The van der Waals surface area contributed by atoms with Gasteiger partial charge in [-0.3, -0.25) is 0 Å². The Kier molecular flexibility index (Phi) is 10.6. The number of ether oxygens (including phenoxy) is 2. The average molecular weight is 484 g/mol. The summed E-state index contributed by atoms with van der Waals surface area (Å²) in [5.74, 6) is 0. The highest BCUT2D eigenvalue weighted by Crippen LogP contribution is 2.10. The molecule has 0 fully saturated rings. The predicted molar refractivity (Wildman–Crippen MR) is 139 cm³/mol. The highest BCUT2D eigenvalue weighted by Gasteiger charge is 2.22. The highest BCUT2D eigenvalue weighted by atomic mass is 16.6. The zero-order chi connectivity index (χ0) is 25.9. The lowest BCUT2D eigenvalue weighted by molar-refractivity contribution is 0.0498. The number of nitrogens with one attached hydrogen (secondary N) is 3. The summed E-state index contributed by atoms with van der Waals surface area (Å²) in [7, 11) is 0. The molecule has 0 radical (unpaired) electrons. The number of carbonyl (C=O) groups excluding carboxylic acids is 2. The molecule has 0 heterocycles. The van der Waals surface area contributed by atoms with Crippen molar-refractivity contribution in [1.82, 2.24) is 16.0 Å². The molecule has 2 aromatic rings. The van der Waals surface area contributed by atoms with Crippen LogP contribution in [-0.4, -0.2) is 48.6 Å². The van der Waals surface area contributed by atoms with Crippen molar-refractivity contribution in [2.45, 2.75) is 77.7 Å². The molecule has 3 N–H and O–H groups in total. The van der Waals surface area contributed by atoms with E-state index in [1.807, 2.05) is 102 Å². The summed E-state index contributed by atoms with van der Waals surface area (Å²) in [4.78, 5) is 24.9. The zero-order valence-electron chi connectivity index (χ0n) is 21.9. The summed E-state index contributed by atoms with van der Waals surface area (Å²) in [5.41, 5.74) is 1.07. The second kappa shape index (κ2) is 13.1. The molecule has 0 aliphatic rings. The molecule has 0 saturated carbocycles. The summed E-state index contributed by atoms with van der Waals surface area (Å²) in [6.07, 6.45) is 0.396. The first kappa shape index (κ1) is 28.2. The zero-order valence-corrected chi connectivity index (χ0v) is 21.9. The lowest BCUT2D eigenvalue weighted by Gasteiger charge is -2.26. The minimum atomic E-state index is -0.576. The van der Waals surface area contributed by atoms with Crippen molar-refractivity contribution in [2.24, 2.45) is 0 Å². The van der Waals surface area contributed by atoms with Gasteiger partial charge in [-0.25, -0.2) is 9.59 Å². The Morgan fingerprint density at radius 3 is 1.31 bits per heavy atom. The first-order chi connectivity index (χ1) is 16.4. The molecule has 2 aromatic carbocycles. The molecule has 0 saturated heterocycles. The van der Waals surface area contributed by atoms with Crippen LogP contribution < -0.4 is 16.0 Å². The fourth-order valence-electron chi connectivity index (χ4n) is 3.53. The maximum Gasteiger partial charge on any atom is 0.407 e. The smallest absolute Gasteiger partial charge is 0.407 e. The third-order valence-electron chi connectivity index (χ3n) is 4.87. The van der Waals surface area contributed by atoms with E-state index < -0.39 is 23.4 Å². The molecule has 7 nitrogen and oxygen atoms in total. The van der Waals surface area contributed by atoms with E-state index in [0.29, 0.717) is 25.9 Å². The quantitative estimate of drug-likeness (QED) is 0.450. The van der Waals surface area contributed by atoms with E-state index in [1.165, 1.54) is 0 Å². The molecule has 0 bridgehead atoms. The molecule has 0 spiro atoms. The molecule has 2 amide bonds. The minimum absolute atomic E-state index is 0.189. The molecular weight excluding hydrogens is 442 g/mol. The first-order valence-electron chi connectivity index (χ1n) is 12.2. The van der Waals surface area contributed by atoms with Crippen LogP contribution in [0.15, 0.2) is 60.7 Å². The van der Waals surface area contributed by atoms with Crippen LogP contribution in [0.1, 0.15) is 52.7 Å². The Bertz CT molecular complexity index is 830. The van der Waals surface area contributed by atoms with Gasteiger partial charge in [0, 0.05) is 25.2 Å². The number of benzene rings is 2. The summed E-state index contributed by atoms with van der Waals surface area (Å²) in [6.45, 7) is 12.1. The van der Waals surface area contributed by atoms with Crippen LogP contribution in [0, 0.1) is 0 Å². The highest BCUT2D eigenvalue weighted by molar-refractivity contribution is 5.68. The maximum atomic E-state index is 12.4. The number of carbonyl (C=O) groups is 2. The molecular formula is C28H41N3O4. The fourth-order valence-corrected chi connectivity index (χ4v) is 3.53. The van der Waals surface area contributed by atoms with Crippen LogP contribution in [0.2, 0.25) is 0 Å². The van der Waals surface area contributed by atoms with Gasteiger partial charge in [-0.1, -0.05) is 60.7 Å². The van der Waals surface area contributed by atoms with Gasteiger partial charge in [0.25, 0.3) is 0 Å². The largest absolute Gasteiger partial charge is 0.444 e. The van der Waals surface area contributed by atoms with Gasteiger partial charge in [-0.05, 0) is 65.5 Å². The molecule has 192 valence electrons. The lowest BCUT2D eigenvalue weighted by atomic mass is 10.0. The van der Waals surface area contributed by atoms with Crippen LogP contribution in [0.5, 0.6) is 0 Å². The second-order valence-electron chi connectivity index (χ2n) is 10.7. The first-order valence-corrected chi connectivity index (χ1v) is 12.2. The normalized spacial score (nSPS) is 13.4. The van der Waals surface area contributed by atoms with Crippen molar-refractivity contribution >= 4 is 12.2 Å². The third-order valence-corrected chi connectivity index (χ3v) is 4.87. The van der Waals surface area contributed by atoms with Gasteiger partial charge >= 0.3 is 12.2 Å². The van der Waals surface area contributed by atoms with E-state index >= 15 is 0 Å². The molecule has 35 heavy (non-hydrogen) atoms. The molecule has 0 aliphatic carbocycles. The topological polar surface area (TPSA) is 88.7 Å². The van der Waals surface area contributed by atoms with Gasteiger partial charge in [-0.15, -0.1) is 0 Å². The molecule has 0 aliphatic heterocycles. The van der Waals surface area contributed by atoms with E-state index in [-0.39, 0.29) is 12.1 Å². The van der Waals surface area contributed by atoms with Crippen LogP contribution in [0.4, 0.5) is 9.59 Å². The van der Waals surface area contributed by atoms with Crippen LogP contribution in [-0.2, 0) is 22.3 Å². The molecule has 0 aromatic heterocycles.